The van der Waals surface area contributed by atoms with Crippen molar-refractivity contribution in [1.82, 2.24) is 15.3 Å². The fourth-order valence-electron chi connectivity index (χ4n) is 4.54. The summed E-state index contributed by atoms with van der Waals surface area (Å²) in [5.74, 6) is -0.398. The monoisotopic (exact) mass is 491 g/mol. The van der Waals surface area contributed by atoms with Crippen LogP contribution in [0.2, 0.25) is 0 Å². The summed E-state index contributed by atoms with van der Waals surface area (Å²) in [6.07, 6.45) is 5.17. The zero-order chi connectivity index (χ0) is 24.5. The van der Waals surface area contributed by atoms with E-state index >= 15 is 0 Å². The topological polar surface area (TPSA) is 116 Å². The number of nitrogens with zero attached hydrogens (tertiary/aromatic N) is 4. The third-order valence-electron chi connectivity index (χ3n) is 6.48. The molecule has 2 aromatic rings. The highest BCUT2D eigenvalue weighted by Crippen LogP contribution is 2.26. The third-order valence-corrected chi connectivity index (χ3v) is 7.59. The maximum absolute atomic E-state index is 14.7. The van der Waals surface area contributed by atoms with Crippen molar-refractivity contribution in [2.75, 3.05) is 35.7 Å². The highest BCUT2D eigenvalue weighted by atomic mass is 32.2. The van der Waals surface area contributed by atoms with Gasteiger partial charge in [0.2, 0.25) is 5.95 Å². The molecule has 1 atom stereocenters. The highest BCUT2D eigenvalue weighted by Gasteiger charge is 2.28. The van der Waals surface area contributed by atoms with Crippen molar-refractivity contribution in [1.29, 1.82) is 0 Å². The fourth-order valence-corrected chi connectivity index (χ4v) is 5.17. The maximum Gasteiger partial charge on any atom is 0.270 e. The molecule has 34 heavy (non-hydrogen) atoms. The van der Waals surface area contributed by atoms with Crippen LogP contribution in [0.15, 0.2) is 35.4 Å². The van der Waals surface area contributed by atoms with Crippen LogP contribution in [-0.2, 0) is 9.84 Å². The number of aromatic nitrogens is 2. The number of nitrogens with one attached hydrogen (secondary N) is 1. The van der Waals surface area contributed by atoms with Gasteiger partial charge < -0.3 is 20.2 Å². The third kappa shape index (κ3) is 5.47. The first kappa shape index (κ1) is 24.3. The van der Waals surface area contributed by atoms with E-state index in [1.165, 1.54) is 12.1 Å². The van der Waals surface area contributed by atoms with Crippen molar-refractivity contribution in [3.8, 4) is 0 Å². The van der Waals surface area contributed by atoms with Crippen LogP contribution in [0.1, 0.15) is 43.1 Å². The summed E-state index contributed by atoms with van der Waals surface area (Å²) in [7, 11) is -3.48. The Kier molecular flexibility index (Phi) is 7.04. The van der Waals surface area contributed by atoms with Gasteiger partial charge in [0.05, 0.1) is 16.7 Å². The summed E-state index contributed by atoms with van der Waals surface area (Å²) in [5.41, 5.74) is 0.638. The van der Waals surface area contributed by atoms with Gasteiger partial charge in [-0.3, -0.25) is 4.79 Å². The van der Waals surface area contributed by atoms with Crippen LogP contribution in [0, 0.1) is 5.82 Å². The smallest absolute Gasteiger partial charge is 0.270 e. The van der Waals surface area contributed by atoms with E-state index in [0.29, 0.717) is 44.1 Å². The van der Waals surface area contributed by atoms with Gasteiger partial charge in [-0.1, -0.05) is 0 Å². The number of anilines is 2. The minimum Gasteiger partial charge on any atom is -0.393 e. The van der Waals surface area contributed by atoms with Gasteiger partial charge in [0.25, 0.3) is 5.91 Å². The number of aliphatic hydroxyl groups is 1. The Labute approximate surface area is 198 Å². The summed E-state index contributed by atoms with van der Waals surface area (Å²) in [5, 5.41) is 12.6. The number of piperazine rings is 1. The molecule has 2 N–H and O–H groups in total. The van der Waals surface area contributed by atoms with Crippen LogP contribution in [0.25, 0.3) is 0 Å². The Hall–Kier alpha value is -2.79. The first-order valence-corrected chi connectivity index (χ1v) is 13.3. The molecule has 0 spiro atoms. The summed E-state index contributed by atoms with van der Waals surface area (Å²) in [4.78, 5) is 25.3. The number of benzene rings is 1. The van der Waals surface area contributed by atoms with Gasteiger partial charge in [-0.25, -0.2) is 22.8 Å². The van der Waals surface area contributed by atoms with Crippen LogP contribution >= 0.6 is 0 Å². The summed E-state index contributed by atoms with van der Waals surface area (Å²) < 4.78 is 38.0. The number of carbonyl (C=O) groups is 1. The average Bonchev–Trinajstić information content (AvgIpc) is 2.80. The van der Waals surface area contributed by atoms with Gasteiger partial charge in [-0.2, -0.15) is 0 Å². The predicted molar refractivity (Wildman–Crippen MR) is 126 cm³/mol. The van der Waals surface area contributed by atoms with E-state index in [2.05, 4.69) is 15.3 Å². The second kappa shape index (κ2) is 9.83. The lowest BCUT2D eigenvalue weighted by Gasteiger charge is -2.41. The van der Waals surface area contributed by atoms with Crippen molar-refractivity contribution in [3.05, 3.63) is 42.0 Å². The molecule has 2 heterocycles. The number of halogens is 1. The standard InChI is InChI=1S/C23H30FN5O4S/c1-15-14-28(21-8-7-18(13-19(21)24)34(2,32)33)11-12-29(15)23-25-10-9-20(27-23)22(31)26-16-3-5-17(30)6-4-16/h7-10,13,15-17,30H,3-6,11-12,14H2,1-2H3,(H,26,31)/t15-,16-,17-/m1/s1. The Morgan fingerprint density at radius 1 is 1.18 bits per heavy atom. The molecule has 1 aliphatic carbocycles. The number of amides is 1. The molecule has 1 saturated carbocycles. The second-order valence-corrected chi connectivity index (χ2v) is 11.1. The first-order valence-electron chi connectivity index (χ1n) is 11.4. The van der Waals surface area contributed by atoms with E-state index in [-0.39, 0.29) is 34.7 Å². The summed E-state index contributed by atoms with van der Waals surface area (Å²) >= 11 is 0. The number of hydrogen-bond donors (Lipinski definition) is 2. The summed E-state index contributed by atoms with van der Waals surface area (Å²) in [6.45, 7) is 3.46. The number of carbonyl (C=O) groups excluding carboxylic acids is 1. The molecule has 2 aliphatic rings. The van der Waals surface area contributed by atoms with E-state index < -0.39 is 15.7 Å². The highest BCUT2D eigenvalue weighted by molar-refractivity contribution is 7.90. The van der Waals surface area contributed by atoms with E-state index in [4.69, 9.17) is 0 Å². The summed E-state index contributed by atoms with van der Waals surface area (Å²) in [6, 6.07) is 5.51. The molecule has 0 unspecified atom stereocenters. The number of aliphatic hydroxyl groups excluding tert-OH is 1. The molecule has 1 aromatic heterocycles. The predicted octanol–water partition coefficient (Wildman–Crippen LogP) is 1.77. The second-order valence-electron chi connectivity index (χ2n) is 9.09. The quantitative estimate of drug-likeness (QED) is 0.650. The number of hydrogen-bond acceptors (Lipinski definition) is 8. The van der Waals surface area contributed by atoms with E-state index in [0.717, 1.165) is 25.2 Å². The molecular formula is C23H30FN5O4S. The fraction of sp³-hybridized carbons (Fsp3) is 0.522. The minimum absolute atomic E-state index is 0.0285. The number of sulfone groups is 1. The average molecular weight is 492 g/mol. The lowest BCUT2D eigenvalue weighted by Crippen LogP contribution is -2.53. The van der Waals surface area contributed by atoms with Gasteiger partial charge >= 0.3 is 0 Å². The van der Waals surface area contributed by atoms with Crippen LogP contribution in [0.3, 0.4) is 0 Å². The molecule has 0 bridgehead atoms. The molecule has 184 valence electrons. The Morgan fingerprint density at radius 3 is 2.56 bits per heavy atom. The van der Waals surface area contributed by atoms with Crippen molar-refractivity contribution in [2.24, 2.45) is 0 Å². The molecule has 2 fully saturated rings. The normalized spacial score (nSPS) is 23.6. The molecule has 1 amide bonds. The van der Waals surface area contributed by atoms with E-state index in [9.17, 15) is 22.7 Å². The van der Waals surface area contributed by atoms with E-state index in [1.54, 1.807) is 12.3 Å². The van der Waals surface area contributed by atoms with Crippen LogP contribution in [0.4, 0.5) is 16.0 Å². The largest absolute Gasteiger partial charge is 0.393 e. The molecule has 1 saturated heterocycles. The van der Waals surface area contributed by atoms with Crippen molar-refractivity contribution in [3.63, 3.8) is 0 Å². The minimum atomic E-state index is -3.48. The van der Waals surface area contributed by atoms with E-state index in [1.807, 2.05) is 16.7 Å². The van der Waals surface area contributed by atoms with Crippen molar-refractivity contribution >= 4 is 27.4 Å². The Bertz CT molecular complexity index is 1150. The van der Waals surface area contributed by atoms with Crippen LogP contribution in [-0.4, -0.2) is 73.5 Å². The lowest BCUT2D eigenvalue weighted by molar-refractivity contribution is 0.0863. The van der Waals surface area contributed by atoms with Gasteiger partial charge in [0.1, 0.15) is 11.5 Å². The van der Waals surface area contributed by atoms with Crippen molar-refractivity contribution in [2.45, 2.75) is 55.7 Å². The molecule has 11 heteroatoms. The van der Waals surface area contributed by atoms with Gasteiger partial charge in [0, 0.05) is 44.2 Å². The lowest BCUT2D eigenvalue weighted by atomic mass is 9.93. The molecule has 4 rings (SSSR count). The van der Waals surface area contributed by atoms with Gasteiger partial charge in [-0.15, -0.1) is 0 Å². The van der Waals surface area contributed by atoms with Gasteiger partial charge in [0.15, 0.2) is 9.84 Å². The zero-order valence-corrected chi connectivity index (χ0v) is 20.1. The molecule has 9 nitrogen and oxygen atoms in total. The Balaban J connectivity index is 1.42. The number of rotatable bonds is 5. The SMILES string of the molecule is C[C@@H]1CN(c2ccc(S(C)(=O)=O)cc2F)CCN1c1nccc(C(=O)N[C@H]2CC[C@H](O)CC2)n1. The molecular weight excluding hydrogens is 461 g/mol. The first-order chi connectivity index (χ1) is 16.1. The van der Waals surface area contributed by atoms with Gasteiger partial charge in [-0.05, 0) is 56.9 Å². The molecule has 1 aromatic carbocycles. The zero-order valence-electron chi connectivity index (χ0n) is 19.3. The molecule has 1 aliphatic heterocycles. The van der Waals surface area contributed by atoms with Crippen molar-refractivity contribution < 1.29 is 22.7 Å². The maximum atomic E-state index is 14.7. The van der Waals surface area contributed by atoms with Crippen LogP contribution < -0.4 is 15.1 Å². The Morgan fingerprint density at radius 2 is 1.91 bits per heavy atom. The van der Waals surface area contributed by atoms with Crippen LogP contribution in [0.5, 0.6) is 0 Å². The molecule has 0 radical (unpaired) electrons.